The van der Waals surface area contributed by atoms with Crippen LogP contribution in [0.4, 0.5) is 39.5 Å². The number of rotatable bonds is 14. The number of alkyl halides is 9. The molecular formula is C27H43F9. The minimum absolute atomic E-state index is 0.0237. The molecule has 2 saturated carbocycles. The Morgan fingerprint density at radius 2 is 1.06 bits per heavy atom. The fourth-order valence-electron chi connectivity index (χ4n) is 6.62. The van der Waals surface area contributed by atoms with Crippen molar-refractivity contribution in [1.29, 1.82) is 0 Å². The quantitative estimate of drug-likeness (QED) is 0.152. The molecule has 0 saturated heterocycles. The van der Waals surface area contributed by atoms with Gasteiger partial charge in [0, 0.05) is 5.92 Å². The van der Waals surface area contributed by atoms with E-state index >= 15 is 0 Å². The highest BCUT2D eigenvalue weighted by molar-refractivity contribution is 5.04. The van der Waals surface area contributed by atoms with E-state index in [9.17, 15) is 39.5 Å². The summed E-state index contributed by atoms with van der Waals surface area (Å²) in [5.74, 6) is -20.9. The van der Waals surface area contributed by atoms with Crippen LogP contribution in [-0.4, -0.2) is 23.9 Å². The first-order chi connectivity index (χ1) is 16.7. The van der Waals surface area contributed by atoms with Gasteiger partial charge in [-0.1, -0.05) is 84.0 Å². The number of halogens is 9. The van der Waals surface area contributed by atoms with E-state index in [1.807, 2.05) is 0 Å². The third-order valence-corrected chi connectivity index (χ3v) is 8.90. The Kier molecular flexibility index (Phi) is 11.4. The van der Waals surface area contributed by atoms with Crippen molar-refractivity contribution in [1.82, 2.24) is 0 Å². The van der Waals surface area contributed by atoms with E-state index in [2.05, 4.69) is 6.92 Å². The predicted molar refractivity (Wildman–Crippen MR) is 124 cm³/mol. The van der Waals surface area contributed by atoms with Crippen LogP contribution in [0, 0.1) is 17.3 Å². The molecule has 0 nitrogen and oxygen atoms in total. The molecule has 0 aromatic carbocycles. The molecule has 0 spiro atoms. The highest BCUT2D eigenvalue weighted by atomic mass is 19.4. The molecule has 0 N–H and O–H groups in total. The maximum atomic E-state index is 14.5. The summed E-state index contributed by atoms with van der Waals surface area (Å²) in [7, 11) is 0. The van der Waals surface area contributed by atoms with Crippen molar-refractivity contribution in [2.45, 2.75) is 153 Å². The molecule has 36 heavy (non-hydrogen) atoms. The van der Waals surface area contributed by atoms with Gasteiger partial charge in [-0.3, -0.25) is 0 Å². The summed E-state index contributed by atoms with van der Waals surface area (Å²) in [5, 5.41) is 0. The van der Waals surface area contributed by atoms with E-state index in [1.165, 1.54) is 38.5 Å². The van der Waals surface area contributed by atoms with Crippen molar-refractivity contribution in [3.05, 3.63) is 0 Å². The molecule has 0 heterocycles. The zero-order valence-corrected chi connectivity index (χ0v) is 21.5. The van der Waals surface area contributed by atoms with Crippen molar-refractivity contribution in [2.24, 2.45) is 17.3 Å². The third-order valence-electron chi connectivity index (χ3n) is 8.90. The van der Waals surface area contributed by atoms with Gasteiger partial charge >= 0.3 is 23.9 Å². The molecule has 214 valence electrons. The first-order valence-corrected chi connectivity index (χ1v) is 13.9. The largest absolute Gasteiger partial charge is 0.460 e. The monoisotopic (exact) mass is 538 g/mol. The van der Waals surface area contributed by atoms with Crippen molar-refractivity contribution >= 4 is 0 Å². The highest BCUT2D eigenvalue weighted by Crippen LogP contribution is 2.59. The molecular weight excluding hydrogens is 495 g/mol. The van der Waals surface area contributed by atoms with Crippen LogP contribution in [0.5, 0.6) is 0 Å². The van der Waals surface area contributed by atoms with Gasteiger partial charge in [0.25, 0.3) is 0 Å². The van der Waals surface area contributed by atoms with Crippen molar-refractivity contribution in [3.63, 3.8) is 0 Å². The van der Waals surface area contributed by atoms with Crippen LogP contribution < -0.4 is 0 Å². The molecule has 2 aliphatic rings. The topological polar surface area (TPSA) is 0 Å². The zero-order chi connectivity index (χ0) is 27.1. The lowest BCUT2D eigenvalue weighted by molar-refractivity contribution is -0.404. The van der Waals surface area contributed by atoms with Crippen LogP contribution in [0.15, 0.2) is 0 Å². The second kappa shape index (κ2) is 12.9. The average Bonchev–Trinajstić information content (AvgIpc) is 2.82. The van der Waals surface area contributed by atoms with E-state index in [-0.39, 0.29) is 24.2 Å². The minimum atomic E-state index is -6.79. The van der Waals surface area contributed by atoms with Crippen LogP contribution >= 0.6 is 0 Å². The average molecular weight is 539 g/mol. The summed E-state index contributed by atoms with van der Waals surface area (Å²) in [6.45, 7) is 2.18. The fourth-order valence-corrected chi connectivity index (χ4v) is 6.62. The Labute approximate surface area is 210 Å². The van der Waals surface area contributed by atoms with Gasteiger partial charge in [-0.2, -0.15) is 39.5 Å². The molecule has 2 aliphatic carbocycles. The Balaban J connectivity index is 1.93. The lowest BCUT2D eigenvalue weighted by Gasteiger charge is -2.48. The van der Waals surface area contributed by atoms with Gasteiger partial charge < -0.3 is 0 Å². The Morgan fingerprint density at radius 1 is 0.583 bits per heavy atom. The molecule has 9 heteroatoms. The Hall–Kier alpha value is -0.630. The SMILES string of the molecule is CCCCCCCCCCCC1(C2CCC(C(F)(F)C(F)(F)C(F)(F)C(F)(F)F)CC2)CCCCC1. The summed E-state index contributed by atoms with van der Waals surface area (Å²) >= 11 is 0. The molecule has 2 fully saturated rings. The molecule has 0 aromatic heterocycles. The maximum Gasteiger partial charge on any atom is 0.460 e. The normalized spacial score (nSPS) is 24.2. The third kappa shape index (κ3) is 7.06. The standard InChI is InChI=1S/C27H43F9/c1-2-3-4-5-6-7-8-9-11-18-23(19-12-10-13-20-23)21-14-16-22(17-15-21)24(28,29)25(30,31)26(32,33)27(34,35)36/h21-22H,2-20H2,1H3. The van der Waals surface area contributed by atoms with Crippen LogP contribution in [0.1, 0.15) is 129 Å². The second-order valence-corrected chi connectivity index (χ2v) is 11.3. The minimum Gasteiger partial charge on any atom is -0.199 e. The summed E-state index contributed by atoms with van der Waals surface area (Å²) in [5.41, 5.74) is -0.0575. The van der Waals surface area contributed by atoms with E-state index in [4.69, 9.17) is 0 Å². The Bertz CT molecular complexity index is 628. The number of hydrogen-bond acceptors (Lipinski definition) is 0. The second-order valence-electron chi connectivity index (χ2n) is 11.3. The molecule has 0 bridgehead atoms. The number of hydrogen-bond donors (Lipinski definition) is 0. The highest BCUT2D eigenvalue weighted by Gasteiger charge is 2.82. The van der Waals surface area contributed by atoms with Crippen LogP contribution in [-0.2, 0) is 0 Å². The predicted octanol–water partition coefficient (Wildman–Crippen LogP) is 11.1. The van der Waals surface area contributed by atoms with E-state index in [0.717, 1.165) is 57.8 Å². The lowest BCUT2D eigenvalue weighted by atomic mass is 9.58. The van der Waals surface area contributed by atoms with Crippen molar-refractivity contribution in [2.75, 3.05) is 0 Å². The molecule has 0 aromatic rings. The van der Waals surface area contributed by atoms with Gasteiger partial charge in [0.2, 0.25) is 0 Å². The van der Waals surface area contributed by atoms with Crippen molar-refractivity contribution < 1.29 is 39.5 Å². The maximum absolute atomic E-state index is 14.5. The molecule has 2 rings (SSSR count). The smallest absolute Gasteiger partial charge is 0.199 e. The van der Waals surface area contributed by atoms with E-state index in [0.29, 0.717) is 0 Å². The van der Waals surface area contributed by atoms with Crippen LogP contribution in [0.3, 0.4) is 0 Å². The first kappa shape index (κ1) is 31.6. The van der Waals surface area contributed by atoms with Crippen molar-refractivity contribution in [3.8, 4) is 0 Å². The summed E-state index contributed by atoms with van der Waals surface area (Å²) in [4.78, 5) is 0. The molecule has 0 aliphatic heterocycles. The van der Waals surface area contributed by atoms with Crippen LogP contribution in [0.25, 0.3) is 0 Å². The van der Waals surface area contributed by atoms with Gasteiger partial charge in [-0.15, -0.1) is 0 Å². The van der Waals surface area contributed by atoms with Gasteiger partial charge in [-0.05, 0) is 56.3 Å². The van der Waals surface area contributed by atoms with Gasteiger partial charge in [0.1, 0.15) is 0 Å². The van der Waals surface area contributed by atoms with Gasteiger partial charge in [0.15, 0.2) is 0 Å². The Morgan fingerprint density at radius 3 is 1.53 bits per heavy atom. The number of unbranched alkanes of at least 4 members (excludes halogenated alkanes) is 8. The fraction of sp³-hybridized carbons (Fsp3) is 1.00. The summed E-state index contributed by atoms with van der Waals surface area (Å²) < 4.78 is 121. The van der Waals surface area contributed by atoms with E-state index < -0.39 is 42.7 Å². The molecule has 0 amide bonds. The van der Waals surface area contributed by atoms with Gasteiger partial charge in [0.05, 0.1) is 0 Å². The van der Waals surface area contributed by atoms with E-state index in [1.54, 1.807) is 0 Å². The summed E-state index contributed by atoms with van der Waals surface area (Å²) in [6, 6.07) is 0. The molecule has 0 atom stereocenters. The molecule has 0 radical (unpaired) electrons. The summed E-state index contributed by atoms with van der Waals surface area (Å²) in [6.07, 6.45) is 9.27. The molecule has 0 unspecified atom stereocenters. The lowest BCUT2D eigenvalue weighted by Crippen LogP contribution is -2.63. The van der Waals surface area contributed by atoms with Gasteiger partial charge in [-0.25, -0.2) is 0 Å². The van der Waals surface area contributed by atoms with Crippen LogP contribution in [0.2, 0.25) is 0 Å². The zero-order valence-electron chi connectivity index (χ0n) is 21.5. The first-order valence-electron chi connectivity index (χ1n) is 13.9.